The minimum atomic E-state index is -0.583. The molecule has 2 aliphatic heterocycles. The van der Waals surface area contributed by atoms with Crippen LogP contribution >= 0.6 is 0 Å². The highest BCUT2D eigenvalue weighted by Crippen LogP contribution is 2.37. The number of rotatable bonds is 2. The largest absolute Gasteiger partial charge is 0.383 e. The number of carbonyl (C=O) groups is 1. The van der Waals surface area contributed by atoms with Crippen molar-refractivity contribution in [3.05, 3.63) is 64.6 Å². The van der Waals surface area contributed by atoms with Gasteiger partial charge in [0.05, 0.1) is 42.0 Å². The number of hydrogen-bond acceptors (Lipinski definition) is 5. The van der Waals surface area contributed by atoms with E-state index in [0.29, 0.717) is 37.0 Å². The van der Waals surface area contributed by atoms with Crippen molar-refractivity contribution >= 4 is 33.5 Å². The van der Waals surface area contributed by atoms with Crippen LogP contribution in [0.2, 0.25) is 0 Å². The topological polar surface area (TPSA) is 97.1 Å². The summed E-state index contributed by atoms with van der Waals surface area (Å²) in [5, 5.41) is 8.78. The summed E-state index contributed by atoms with van der Waals surface area (Å²) >= 11 is 0. The lowest BCUT2D eigenvalue weighted by Crippen LogP contribution is -2.42. The van der Waals surface area contributed by atoms with Crippen molar-refractivity contribution in [2.75, 3.05) is 12.3 Å². The number of likely N-dealkylation sites (tertiary alicyclic amines) is 1. The Labute approximate surface area is 189 Å². The van der Waals surface area contributed by atoms with Crippen LogP contribution in [0, 0.1) is 11.7 Å². The number of aromatic amines is 1. The van der Waals surface area contributed by atoms with E-state index in [-0.39, 0.29) is 17.5 Å². The van der Waals surface area contributed by atoms with Gasteiger partial charge in [0.1, 0.15) is 11.6 Å². The molecule has 2 aromatic carbocycles. The minimum absolute atomic E-state index is 0.0617. The van der Waals surface area contributed by atoms with Crippen molar-refractivity contribution in [3.8, 4) is 0 Å². The van der Waals surface area contributed by atoms with Gasteiger partial charge in [-0.3, -0.25) is 9.89 Å². The van der Waals surface area contributed by atoms with Crippen LogP contribution in [0.15, 0.2) is 36.5 Å². The number of amides is 1. The second-order valence-electron chi connectivity index (χ2n) is 9.17. The molecule has 2 aliphatic rings. The summed E-state index contributed by atoms with van der Waals surface area (Å²) in [6, 6.07) is 8.89. The lowest BCUT2D eigenvalue weighted by molar-refractivity contribution is 0.0540. The molecule has 0 bridgehead atoms. The Bertz CT molecular complexity index is 1420. The van der Waals surface area contributed by atoms with Crippen molar-refractivity contribution in [3.63, 3.8) is 0 Å². The number of piperidine rings is 1. The van der Waals surface area contributed by atoms with E-state index < -0.39 is 5.82 Å². The Morgan fingerprint density at radius 2 is 2.06 bits per heavy atom. The molecule has 6 rings (SSSR count). The second-order valence-corrected chi connectivity index (χ2v) is 9.17. The molecule has 7 nitrogen and oxygen atoms in total. The Balaban J connectivity index is 1.43. The number of ether oxygens (including phenoxy) is 1. The Kier molecular flexibility index (Phi) is 4.58. The van der Waals surface area contributed by atoms with Crippen molar-refractivity contribution in [1.82, 2.24) is 20.1 Å². The highest BCUT2D eigenvalue weighted by atomic mass is 19.1. The second kappa shape index (κ2) is 7.52. The molecule has 0 aliphatic carbocycles. The first kappa shape index (κ1) is 20.1. The summed E-state index contributed by atoms with van der Waals surface area (Å²) < 4.78 is 20.8. The molecule has 0 unspecified atom stereocenters. The van der Waals surface area contributed by atoms with Gasteiger partial charge in [-0.2, -0.15) is 5.10 Å². The first-order valence-electron chi connectivity index (χ1n) is 11.2. The molecule has 0 spiro atoms. The molecule has 3 N–H and O–H groups in total. The normalized spacial score (nSPS) is 20.5. The third kappa shape index (κ3) is 3.24. The van der Waals surface area contributed by atoms with Gasteiger partial charge >= 0.3 is 0 Å². The summed E-state index contributed by atoms with van der Waals surface area (Å²) in [4.78, 5) is 19.9. The van der Waals surface area contributed by atoms with Gasteiger partial charge in [0, 0.05) is 28.9 Å². The van der Waals surface area contributed by atoms with Gasteiger partial charge in [-0.1, -0.05) is 13.0 Å². The number of halogens is 1. The SMILES string of the molecule is C[C@H]1CC[C@H](c2ccc3[nH]ncc3c2)N(C(=O)c2cc3c4c(c(N)nc3cc2F)COC4)C1. The predicted octanol–water partition coefficient (Wildman–Crippen LogP) is 4.48. The average Bonchev–Trinajstić information content (AvgIpc) is 3.48. The predicted molar refractivity (Wildman–Crippen MR) is 123 cm³/mol. The van der Waals surface area contributed by atoms with E-state index in [1.165, 1.54) is 6.07 Å². The van der Waals surface area contributed by atoms with Crippen LogP contribution in [-0.4, -0.2) is 32.5 Å². The molecule has 1 fully saturated rings. The summed E-state index contributed by atoms with van der Waals surface area (Å²) in [6.07, 6.45) is 3.61. The lowest BCUT2D eigenvalue weighted by Gasteiger charge is -2.39. The van der Waals surface area contributed by atoms with Crippen LogP contribution in [-0.2, 0) is 18.0 Å². The first-order chi connectivity index (χ1) is 16.0. The number of anilines is 1. The van der Waals surface area contributed by atoms with Crippen molar-refractivity contribution in [2.45, 2.75) is 39.0 Å². The quantitative estimate of drug-likeness (QED) is 0.474. The van der Waals surface area contributed by atoms with Crippen LogP contribution in [0.1, 0.15) is 52.9 Å². The number of benzene rings is 2. The standard InChI is InChI=1S/C25H24FN5O2/c1-13-2-5-23(14-3-4-21-15(6-14)9-28-30-21)31(10-13)25(32)17-7-16-18-11-33-12-19(18)24(27)29-22(16)8-20(17)26/h3-4,6-9,13,23H,2,5,10-12H2,1H3,(H2,27,29)(H,28,30)/t13-,23+/m0/s1. The third-order valence-electron chi connectivity index (χ3n) is 6.98. The zero-order chi connectivity index (χ0) is 22.7. The van der Waals surface area contributed by atoms with Crippen LogP contribution in [0.25, 0.3) is 21.8 Å². The molecule has 8 heteroatoms. The van der Waals surface area contributed by atoms with Gasteiger partial charge in [-0.05, 0) is 48.1 Å². The molecule has 2 aromatic heterocycles. The number of nitrogens with zero attached hydrogens (tertiary/aromatic N) is 3. The number of nitrogen functional groups attached to an aromatic ring is 1. The maximum absolute atomic E-state index is 15.2. The smallest absolute Gasteiger partial charge is 0.257 e. The molecule has 0 radical (unpaired) electrons. The monoisotopic (exact) mass is 445 g/mol. The lowest BCUT2D eigenvalue weighted by atomic mass is 9.88. The van der Waals surface area contributed by atoms with Crippen molar-refractivity contribution < 1.29 is 13.9 Å². The zero-order valence-corrected chi connectivity index (χ0v) is 18.3. The third-order valence-corrected chi connectivity index (χ3v) is 6.98. The van der Waals surface area contributed by atoms with E-state index in [4.69, 9.17) is 10.5 Å². The van der Waals surface area contributed by atoms with Gasteiger partial charge in [-0.25, -0.2) is 9.37 Å². The maximum atomic E-state index is 15.2. The number of fused-ring (bicyclic) bond motifs is 4. The van der Waals surface area contributed by atoms with Gasteiger partial charge in [0.2, 0.25) is 0 Å². The van der Waals surface area contributed by atoms with Crippen LogP contribution in [0.5, 0.6) is 0 Å². The van der Waals surface area contributed by atoms with E-state index >= 15 is 4.39 Å². The number of pyridine rings is 1. The molecule has 4 aromatic rings. The number of nitrogens with one attached hydrogen (secondary N) is 1. The van der Waals surface area contributed by atoms with E-state index in [9.17, 15) is 4.79 Å². The molecule has 0 saturated carbocycles. The Hall–Kier alpha value is -3.52. The van der Waals surface area contributed by atoms with E-state index in [0.717, 1.165) is 45.8 Å². The summed E-state index contributed by atoms with van der Waals surface area (Å²) in [7, 11) is 0. The molecular weight excluding hydrogens is 421 g/mol. The van der Waals surface area contributed by atoms with Gasteiger partial charge in [0.15, 0.2) is 0 Å². The van der Waals surface area contributed by atoms with Gasteiger partial charge in [-0.15, -0.1) is 0 Å². The summed E-state index contributed by atoms with van der Waals surface area (Å²) in [5.41, 5.74) is 10.2. The van der Waals surface area contributed by atoms with Crippen LogP contribution in [0.4, 0.5) is 10.2 Å². The number of aromatic nitrogens is 3. The number of carbonyl (C=O) groups excluding carboxylic acids is 1. The first-order valence-corrected chi connectivity index (χ1v) is 11.2. The number of H-pyrrole nitrogens is 1. The fourth-order valence-electron chi connectivity index (χ4n) is 5.20. The molecule has 1 saturated heterocycles. The van der Waals surface area contributed by atoms with Crippen LogP contribution in [0.3, 0.4) is 0 Å². The van der Waals surface area contributed by atoms with Crippen molar-refractivity contribution in [1.29, 1.82) is 0 Å². The van der Waals surface area contributed by atoms with E-state index in [1.54, 1.807) is 12.3 Å². The molecular formula is C25H24FN5O2. The molecule has 168 valence electrons. The van der Waals surface area contributed by atoms with E-state index in [1.807, 2.05) is 17.0 Å². The summed E-state index contributed by atoms with van der Waals surface area (Å²) in [6.45, 7) is 3.47. The Morgan fingerprint density at radius 3 is 2.94 bits per heavy atom. The maximum Gasteiger partial charge on any atom is 0.257 e. The fourth-order valence-corrected chi connectivity index (χ4v) is 5.20. The van der Waals surface area contributed by atoms with Gasteiger partial charge < -0.3 is 15.4 Å². The Morgan fingerprint density at radius 1 is 1.21 bits per heavy atom. The molecule has 1 amide bonds. The highest BCUT2D eigenvalue weighted by Gasteiger charge is 2.33. The fraction of sp³-hybridized carbons (Fsp3) is 0.320. The average molecular weight is 445 g/mol. The summed E-state index contributed by atoms with van der Waals surface area (Å²) in [5.74, 6) is -0.193. The highest BCUT2D eigenvalue weighted by molar-refractivity contribution is 6.00. The molecule has 33 heavy (non-hydrogen) atoms. The molecule has 2 atom stereocenters. The minimum Gasteiger partial charge on any atom is -0.383 e. The number of nitrogens with two attached hydrogens (primary N) is 1. The van der Waals surface area contributed by atoms with Gasteiger partial charge in [0.25, 0.3) is 5.91 Å². The number of hydrogen-bond donors (Lipinski definition) is 2. The zero-order valence-electron chi connectivity index (χ0n) is 18.3. The van der Waals surface area contributed by atoms with E-state index in [2.05, 4.69) is 28.2 Å². The van der Waals surface area contributed by atoms with Crippen LogP contribution < -0.4 is 5.73 Å². The van der Waals surface area contributed by atoms with Crippen molar-refractivity contribution in [2.24, 2.45) is 5.92 Å². The molecule has 4 heterocycles.